The Balaban J connectivity index is 2.27. The molecule has 0 aliphatic heterocycles. The Morgan fingerprint density at radius 3 is 2.83 bits per heavy atom. The molecule has 1 aromatic heterocycles. The zero-order chi connectivity index (χ0) is 13.1. The average molecular weight is 357 g/mol. The molecule has 92 valence electrons. The van der Waals surface area contributed by atoms with Gasteiger partial charge in [0.15, 0.2) is 0 Å². The van der Waals surface area contributed by atoms with E-state index in [9.17, 15) is 9.59 Å². The molecule has 0 radical (unpaired) electrons. The van der Waals surface area contributed by atoms with Crippen LogP contribution in [0, 0.1) is 3.57 Å². The minimum absolute atomic E-state index is 0.102. The Morgan fingerprint density at radius 2 is 2.11 bits per heavy atom. The third-order valence-corrected chi connectivity index (χ3v) is 2.81. The van der Waals surface area contributed by atoms with Crippen LogP contribution in [0.3, 0.4) is 0 Å². The van der Waals surface area contributed by atoms with Crippen LogP contribution in [0.25, 0.3) is 11.0 Å². The summed E-state index contributed by atoms with van der Waals surface area (Å²) >= 11 is 2.16. The van der Waals surface area contributed by atoms with Crippen molar-refractivity contribution in [2.45, 2.75) is 0 Å². The van der Waals surface area contributed by atoms with Crippen molar-refractivity contribution in [1.82, 2.24) is 15.3 Å². The first kappa shape index (κ1) is 12.7. The summed E-state index contributed by atoms with van der Waals surface area (Å²) in [7, 11) is 0. The molecule has 0 spiro atoms. The highest BCUT2D eigenvalue weighted by Crippen LogP contribution is 2.13. The molecule has 0 unspecified atom stereocenters. The fraction of sp³-hybridized carbons (Fsp3) is 0.0909. The molecule has 1 heterocycles. The second-order valence-electron chi connectivity index (χ2n) is 3.46. The summed E-state index contributed by atoms with van der Waals surface area (Å²) in [6, 6.07) is 5.47. The lowest BCUT2D eigenvalue weighted by atomic mass is 10.3. The number of nitrogens with zero attached hydrogens (tertiary/aromatic N) is 2. The van der Waals surface area contributed by atoms with Crippen LogP contribution in [-0.4, -0.2) is 33.5 Å². The van der Waals surface area contributed by atoms with Gasteiger partial charge in [-0.1, -0.05) is 0 Å². The Morgan fingerprint density at radius 1 is 1.33 bits per heavy atom. The lowest BCUT2D eigenvalue weighted by Crippen LogP contribution is -2.29. The Kier molecular flexibility index (Phi) is 3.70. The van der Waals surface area contributed by atoms with Crippen LogP contribution in [0.5, 0.6) is 0 Å². The number of aromatic nitrogens is 2. The van der Waals surface area contributed by atoms with E-state index in [1.165, 1.54) is 6.20 Å². The number of carboxylic acids is 1. The first-order chi connectivity index (χ1) is 8.56. The molecule has 18 heavy (non-hydrogen) atoms. The fourth-order valence-corrected chi connectivity index (χ4v) is 1.81. The van der Waals surface area contributed by atoms with Crippen LogP contribution in [0.2, 0.25) is 0 Å². The van der Waals surface area contributed by atoms with Gasteiger partial charge < -0.3 is 10.4 Å². The molecule has 0 saturated carbocycles. The minimum Gasteiger partial charge on any atom is -0.480 e. The summed E-state index contributed by atoms with van der Waals surface area (Å²) in [6.45, 7) is -0.439. The molecule has 1 aromatic carbocycles. The first-order valence-corrected chi connectivity index (χ1v) is 6.06. The van der Waals surface area contributed by atoms with Crippen molar-refractivity contribution >= 4 is 45.5 Å². The third kappa shape index (κ3) is 2.92. The summed E-state index contributed by atoms with van der Waals surface area (Å²) in [5, 5.41) is 10.7. The van der Waals surface area contributed by atoms with E-state index in [1.54, 1.807) is 6.07 Å². The highest BCUT2D eigenvalue weighted by atomic mass is 127. The number of aliphatic carboxylic acids is 1. The molecule has 7 heteroatoms. The second kappa shape index (κ2) is 5.25. The Hall–Kier alpha value is -1.77. The normalized spacial score (nSPS) is 10.3. The standard InChI is InChI=1S/C11H8IN3O3/c12-6-1-2-7-8(3-6)13-4-9(15-7)11(18)14-5-10(16)17/h1-4H,5H2,(H,14,18)(H,16,17). The van der Waals surface area contributed by atoms with Crippen LogP contribution in [0.4, 0.5) is 0 Å². The number of halogens is 1. The summed E-state index contributed by atoms with van der Waals surface area (Å²) in [5.74, 6) is -1.66. The number of hydrogen-bond acceptors (Lipinski definition) is 4. The summed E-state index contributed by atoms with van der Waals surface area (Å²) in [5.41, 5.74) is 1.39. The van der Waals surface area contributed by atoms with Crippen LogP contribution in [0.1, 0.15) is 10.5 Å². The van der Waals surface area contributed by atoms with Crippen molar-refractivity contribution < 1.29 is 14.7 Å². The third-order valence-electron chi connectivity index (χ3n) is 2.14. The molecular formula is C11H8IN3O3. The molecule has 1 amide bonds. The number of carboxylic acid groups (broad SMARTS) is 1. The van der Waals surface area contributed by atoms with Crippen molar-refractivity contribution in [3.05, 3.63) is 33.7 Å². The van der Waals surface area contributed by atoms with Gasteiger partial charge in [0, 0.05) is 3.57 Å². The second-order valence-corrected chi connectivity index (χ2v) is 4.71. The maximum atomic E-state index is 11.6. The largest absolute Gasteiger partial charge is 0.480 e. The van der Waals surface area contributed by atoms with E-state index in [0.29, 0.717) is 11.0 Å². The molecule has 2 N–H and O–H groups in total. The number of benzene rings is 1. The topological polar surface area (TPSA) is 92.2 Å². The van der Waals surface area contributed by atoms with E-state index < -0.39 is 18.4 Å². The zero-order valence-electron chi connectivity index (χ0n) is 9.05. The van der Waals surface area contributed by atoms with Gasteiger partial charge in [0.05, 0.1) is 17.2 Å². The molecule has 0 aliphatic rings. The number of rotatable bonds is 3. The van der Waals surface area contributed by atoms with E-state index in [4.69, 9.17) is 5.11 Å². The van der Waals surface area contributed by atoms with Gasteiger partial charge in [-0.2, -0.15) is 0 Å². The smallest absolute Gasteiger partial charge is 0.322 e. The van der Waals surface area contributed by atoms with Gasteiger partial charge >= 0.3 is 5.97 Å². The number of hydrogen-bond donors (Lipinski definition) is 2. The predicted octanol–water partition coefficient (Wildman–Crippen LogP) is 1.05. The van der Waals surface area contributed by atoms with Gasteiger partial charge in [0.25, 0.3) is 5.91 Å². The van der Waals surface area contributed by atoms with Crippen molar-refractivity contribution in [2.75, 3.05) is 6.54 Å². The van der Waals surface area contributed by atoms with Crippen LogP contribution in [0.15, 0.2) is 24.4 Å². The summed E-state index contributed by atoms with van der Waals surface area (Å²) in [4.78, 5) is 30.2. The van der Waals surface area contributed by atoms with Gasteiger partial charge in [-0.05, 0) is 40.8 Å². The number of nitrogens with one attached hydrogen (secondary N) is 1. The van der Waals surface area contributed by atoms with Crippen molar-refractivity contribution in [1.29, 1.82) is 0 Å². The summed E-state index contributed by atoms with van der Waals surface area (Å²) < 4.78 is 1.03. The van der Waals surface area contributed by atoms with Gasteiger partial charge in [-0.25, -0.2) is 4.98 Å². The molecular weight excluding hydrogens is 349 g/mol. The molecule has 2 rings (SSSR count). The quantitative estimate of drug-likeness (QED) is 0.802. The molecule has 0 fully saturated rings. The number of fused-ring (bicyclic) bond motifs is 1. The van der Waals surface area contributed by atoms with Gasteiger partial charge in [-0.3, -0.25) is 14.6 Å². The van der Waals surface area contributed by atoms with E-state index in [1.807, 2.05) is 12.1 Å². The van der Waals surface area contributed by atoms with Crippen LogP contribution < -0.4 is 5.32 Å². The molecule has 6 nitrogen and oxygen atoms in total. The van der Waals surface area contributed by atoms with Crippen molar-refractivity contribution in [3.63, 3.8) is 0 Å². The number of amides is 1. The van der Waals surface area contributed by atoms with E-state index >= 15 is 0 Å². The number of carbonyl (C=O) groups excluding carboxylic acids is 1. The van der Waals surface area contributed by atoms with E-state index in [2.05, 4.69) is 37.9 Å². The number of carbonyl (C=O) groups is 2. The van der Waals surface area contributed by atoms with Crippen LogP contribution in [-0.2, 0) is 4.79 Å². The Bertz CT molecular complexity index is 630. The lowest BCUT2D eigenvalue weighted by molar-refractivity contribution is -0.135. The fourth-order valence-electron chi connectivity index (χ4n) is 1.34. The van der Waals surface area contributed by atoms with E-state index in [-0.39, 0.29) is 5.69 Å². The monoisotopic (exact) mass is 357 g/mol. The van der Waals surface area contributed by atoms with E-state index in [0.717, 1.165) is 3.57 Å². The van der Waals surface area contributed by atoms with Crippen molar-refractivity contribution in [2.24, 2.45) is 0 Å². The maximum Gasteiger partial charge on any atom is 0.322 e. The highest BCUT2D eigenvalue weighted by Gasteiger charge is 2.10. The minimum atomic E-state index is -1.10. The molecule has 0 saturated heterocycles. The zero-order valence-corrected chi connectivity index (χ0v) is 11.2. The first-order valence-electron chi connectivity index (χ1n) is 4.98. The van der Waals surface area contributed by atoms with Gasteiger partial charge in [0.1, 0.15) is 12.2 Å². The van der Waals surface area contributed by atoms with Gasteiger partial charge in [0.2, 0.25) is 0 Å². The maximum absolute atomic E-state index is 11.6. The average Bonchev–Trinajstić information content (AvgIpc) is 2.35. The lowest BCUT2D eigenvalue weighted by Gasteiger charge is -2.03. The predicted molar refractivity (Wildman–Crippen MR) is 72.2 cm³/mol. The molecule has 2 aromatic rings. The Labute approximate surface area is 116 Å². The molecule has 0 aliphatic carbocycles. The van der Waals surface area contributed by atoms with Crippen molar-refractivity contribution in [3.8, 4) is 0 Å². The summed E-state index contributed by atoms with van der Waals surface area (Å²) in [6.07, 6.45) is 1.33. The molecule has 0 atom stereocenters. The van der Waals surface area contributed by atoms with Gasteiger partial charge in [-0.15, -0.1) is 0 Å². The van der Waals surface area contributed by atoms with Crippen LogP contribution >= 0.6 is 22.6 Å². The highest BCUT2D eigenvalue weighted by molar-refractivity contribution is 14.1. The SMILES string of the molecule is O=C(O)CNC(=O)c1cnc2cc(I)ccc2n1. The molecule has 0 bridgehead atoms.